The fourth-order valence-corrected chi connectivity index (χ4v) is 10.1. The van der Waals surface area contributed by atoms with Gasteiger partial charge in [0.05, 0.1) is 47.3 Å². The smallest absolute Gasteiger partial charge is 0.312 e. The molecule has 0 saturated carbocycles. The molecule has 3 atom stereocenters. The van der Waals surface area contributed by atoms with Crippen molar-refractivity contribution in [2.75, 3.05) is 28.8 Å². The molecule has 4 amide bonds. The van der Waals surface area contributed by atoms with Gasteiger partial charge in [0.2, 0.25) is 28.1 Å². The molecule has 2 aliphatic rings. The van der Waals surface area contributed by atoms with Crippen LogP contribution >= 0.6 is 23.5 Å². The Bertz CT molecular complexity index is 2000. The van der Waals surface area contributed by atoms with Crippen molar-refractivity contribution in [3.05, 3.63) is 57.6 Å². The number of hydrogen-bond donors (Lipinski definition) is 0. The Morgan fingerprint density at radius 2 is 1.23 bits per heavy atom. The number of nitrogens with zero attached hydrogens (tertiary/aromatic N) is 2. The lowest BCUT2D eigenvalue weighted by atomic mass is 9.77. The van der Waals surface area contributed by atoms with E-state index in [0.29, 0.717) is 49.4 Å². The van der Waals surface area contributed by atoms with Gasteiger partial charge in [-0.3, -0.25) is 33.6 Å². The van der Waals surface area contributed by atoms with Crippen LogP contribution in [0, 0.1) is 36.5 Å². The van der Waals surface area contributed by atoms with Crippen LogP contribution in [0.25, 0.3) is 0 Å². The fourth-order valence-electron chi connectivity index (χ4n) is 7.94. The lowest BCUT2D eigenvalue weighted by Crippen LogP contribution is -2.40. The molecule has 2 aliphatic heterocycles. The van der Waals surface area contributed by atoms with Crippen LogP contribution in [0.2, 0.25) is 0 Å². The minimum atomic E-state index is -1.23. The normalized spacial score (nSPS) is 18.4. The van der Waals surface area contributed by atoms with E-state index in [9.17, 15) is 33.6 Å². The number of imide groups is 2. The highest BCUT2D eigenvalue weighted by Crippen LogP contribution is 2.43. The average molecular weight is 879 g/mol. The number of benzene rings is 2. The van der Waals surface area contributed by atoms with Crippen molar-refractivity contribution in [3.8, 4) is 0 Å². The zero-order chi connectivity index (χ0) is 45.4. The Balaban J connectivity index is 1.44. The monoisotopic (exact) mass is 878 g/mol. The second-order valence-electron chi connectivity index (χ2n) is 18.0. The third kappa shape index (κ3) is 11.7. The van der Waals surface area contributed by atoms with E-state index in [1.54, 1.807) is 20.8 Å². The third-order valence-electron chi connectivity index (χ3n) is 11.6. The second kappa shape index (κ2) is 21.4. The van der Waals surface area contributed by atoms with Crippen molar-refractivity contribution in [3.63, 3.8) is 0 Å². The maximum absolute atomic E-state index is 14.1. The van der Waals surface area contributed by atoms with E-state index in [1.807, 2.05) is 72.7 Å². The van der Waals surface area contributed by atoms with Crippen LogP contribution in [0.5, 0.6) is 0 Å². The van der Waals surface area contributed by atoms with E-state index in [2.05, 4.69) is 6.92 Å². The van der Waals surface area contributed by atoms with Crippen LogP contribution < -0.4 is 9.80 Å². The maximum Gasteiger partial charge on any atom is 0.312 e. The molecule has 0 aromatic heterocycles. The number of ether oxygens (including phenoxy) is 2. The second-order valence-corrected chi connectivity index (χ2v) is 20.4. The molecule has 2 saturated heterocycles. The van der Waals surface area contributed by atoms with E-state index in [4.69, 9.17) is 9.47 Å². The maximum atomic E-state index is 14.1. The van der Waals surface area contributed by atoms with Gasteiger partial charge >= 0.3 is 11.9 Å². The number of thioether (sulfide) groups is 2. The van der Waals surface area contributed by atoms with Crippen molar-refractivity contribution in [1.29, 1.82) is 0 Å². The van der Waals surface area contributed by atoms with Crippen LogP contribution in [-0.4, -0.2) is 64.2 Å². The number of amides is 4. The van der Waals surface area contributed by atoms with E-state index in [1.165, 1.54) is 21.6 Å². The van der Waals surface area contributed by atoms with Gasteiger partial charge in [-0.2, -0.15) is 0 Å². The SMILES string of the molecule is CCCCSC(=O)SC1C(=O)N(c2c(C)cc(Cc3cc(C)c(N4C(=O)CC(C(C)(C)C(=O)OCCCCCCOC(=O)C(C)(C)C)C4=O)c(CC)c3)cc2CC)C(=O)C1C. The summed E-state index contributed by atoms with van der Waals surface area (Å²) in [7, 11) is 0. The number of anilines is 2. The van der Waals surface area contributed by atoms with Crippen molar-refractivity contribution >= 4 is 74.9 Å². The van der Waals surface area contributed by atoms with Crippen molar-refractivity contribution < 1.29 is 43.0 Å². The highest BCUT2D eigenvalue weighted by molar-refractivity contribution is 8.39. The molecule has 0 aliphatic carbocycles. The van der Waals surface area contributed by atoms with Crippen molar-refractivity contribution in [2.45, 2.75) is 146 Å². The van der Waals surface area contributed by atoms with Crippen molar-refractivity contribution in [2.24, 2.45) is 22.7 Å². The minimum Gasteiger partial charge on any atom is -0.465 e. The molecule has 61 heavy (non-hydrogen) atoms. The summed E-state index contributed by atoms with van der Waals surface area (Å²) < 4.78 is 10.8. The first-order valence-corrected chi connectivity index (χ1v) is 23.7. The fraction of sp³-hybridized carbons (Fsp3) is 0.604. The number of hydrogen-bond acceptors (Lipinski definition) is 11. The number of aryl methyl sites for hydroxylation is 4. The first-order chi connectivity index (χ1) is 28.7. The molecular formula is C48H66N2O9S2. The van der Waals surface area contributed by atoms with Gasteiger partial charge in [-0.1, -0.05) is 81.9 Å². The van der Waals surface area contributed by atoms with Crippen LogP contribution in [0.1, 0.15) is 141 Å². The van der Waals surface area contributed by atoms with E-state index in [0.717, 1.165) is 77.2 Å². The van der Waals surface area contributed by atoms with Gasteiger partial charge in [-0.05, 0) is 133 Å². The summed E-state index contributed by atoms with van der Waals surface area (Å²) in [6.07, 6.45) is 6.42. The first-order valence-electron chi connectivity index (χ1n) is 21.9. The van der Waals surface area contributed by atoms with Gasteiger partial charge in [0, 0.05) is 12.2 Å². The Morgan fingerprint density at radius 3 is 1.74 bits per heavy atom. The van der Waals surface area contributed by atoms with Gasteiger partial charge in [-0.15, -0.1) is 0 Å². The van der Waals surface area contributed by atoms with Gasteiger partial charge in [0.1, 0.15) is 5.25 Å². The molecule has 4 rings (SSSR count). The quantitative estimate of drug-likeness (QED) is 0.0756. The predicted molar refractivity (Wildman–Crippen MR) is 244 cm³/mol. The molecule has 2 aromatic carbocycles. The summed E-state index contributed by atoms with van der Waals surface area (Å²) in [4.78, 5) is 95.6. The molecular weight excluding hydrogens is 813 g/mol. The topological polar surface area (TPSA) is 144 Å². The van der Waals surface area contributed by atoms with Gasteiger partial charge in [0.15, 0.2) is 0 Å². The number of carbonyl (C=O) groups excluding carboxylic acids is 7. The standard InChI is InChI=1S/C48H66N2O9S2/c1-12-15-22-60-46(57)61-40-31(6)41(52)50(43(40)54)39-30(5)24-33(27-35(39)14-3)25-32-23-29(4)38(34(13-2)26-32)49-37(51)28-36(42(49)53)48(10,11)45(56)59-21-19-17-16-18-20-58-44(55)47(7,8)9/h23-24,26-27,31,36,40H,12-22,25,28H2,1-11H3. The Labute approximate surface area is 371 Å². The molecule has 0 radical (unpaired) electrons. The summed E-state index contributed by atoms with van der Waals surface area (Å²) in [6.45, 7) is 20.8. The van der Waals surface area contributed by atoms with Crippen LogP contribution in [-0.2, 0) is 57.5 Å². The lowest BCUT2D eigenvalue weighted by molar-refractivity contribution is -0.159. The Kier molecular flexibility index (Phi) is 17.4. The van der Waals surface area contributed by atoms with Gasteiger partial charge < -0.3 is 9.47 Å². The minimum absolute atomic E-state index is 0.0988. The number of unbranched alkanes of at least 4 members (excludes halogenated alkanes) is 4. The van der Waals surface area contributed by atoms with Gasteiger partial charge in [-0.25, -0.2) is 9.80 Å². The lowest BCUT2D eigenvalue weighted by Gasteiger charge is -2.28. The van der Waals surface area contributed by atoms with E-state index in [-0.39, 0.29) is 41.2 Å². The van der Waals surface area contributed by atoms with Gasteiger partial charge in [0.25, 0.3) is 0 Å². The average Bonchev–Trinajstić information content (AvgIpc) is 3.60. The number of rotatable bonds is 19. The molecule has 2 aromatic rings. The Morgan fingerprint density at radius 1 is 0.705 bits per heavy atom. The highest BCUT2D eigenvalue weighted by Gasteiger charge is 2.52. The predicted octanol–water partition coefficient (Wildman–Crippen LogP) is 9.88. The van der Waals surface area contributed by atoms with E-state index < -0.39 is 39.8 Å². The molecule has 3 unspecified atom stereocenters. The van der Waals surface area contributed by atoms with Crippen LogP contribution in [0.4, 0.5) is 16.2 Å². The highest BCUT2D eigenvalue weighted by atomic mass is 32.2. The molecule has 0 spiro atoms. The Hall–Kier alpha value is -3.97. The van der Waals surface area contributed by atoms with Crippen LogP contribution in [0.15, 0.2) is 24.3 Å². The van der Waals surface area contributed by atoms with Crippen LogP contribution in [0.3, 0.4) is 0 Å². The molecule has 13 heteroatoms. The zero-order valence-corrected chi connectivity index (χ0v) is 39.8. The summed E-state index contributed by atoms with van der Waals surface area (Å²) >= 11 is 2.16. The number of esters is 2. The summed E-state index contributed by atoms with van der Waals surface area (Å²) in [5, 5.41) is -0.762. The summed E-state index contributed by atoms with van der Waals surface area (Å²) in [5.74, 6) is -2.99. The zero-order valence-electron chi connectivity index (χ0n) is 38.1. The molecule has 2 heterocycles. The molecule has 2 fully saturated rings. The van der Waals surface area contributed by atoms with Crippen molar-refractivity contribution in [1.82, 2.24) is 0 Å². The summed E-state index contributed by atoms with van der Waals surface area (Å²) in [5.41, 5.74) is 4.60. The first kappa shape index (κ1) is 49.7. The molecule has 0 N–H and O–H groups in total. The third-order valence-corrected chi connectivity index (χ3v) is 14.1. The largest absolute Gasteiger partial charge is 0.465 e. The molecule has 0 bridgehead atoms. The number of carbonyl (C=O) groups is 7. The molecule has 334 valence electrons. The molecule has 11 nitrogen and oxygen atoms in total. The summed E-state index contributed by atoms with van der Waals surface area (Å²) in [6, 6.07) is 8.03. The van der Waals surface area contributed by atoms with E-state index >= 15 is 0 Å².